The van der Waals surface area contributed by atoms with Crippen molar-refractivity contribution in [1.29, 1.82) is 0 Å². The molecule has 17 heavy (non-hydrogen) atoms. The van der Waals surface area contributed by atoms with Crippen molar-refractivity contribution in [3.63, 3.8) is 0 Å². The SMILES string of the molecule is Clc1ncc(Cl)c(N2CCCC(C3CC3)C2)n1. The van der Waals surface area contributed by atoms with Crippen LogP contribution in [0.25, 0.3) is 0 Å². The van der Waals surface area contributed by atoms with E-state index in [2.05, 4.69) is 14.9 Å². The highest BCUT2D eigenvalue weighted by atomic mass is 35.5. The van der Waals surface area contributed by atoms with Crippen molar-refractivity contribution in [2.75, 3.05) is 18.0 Å². The minimum absolute atomic E-state index is 0.276. The second-order valence-electron chi connectivity index (χ2n) is 5.00. The van der Waals surface area contributed by atoms with Gasteiger partial charge in [0, 0.05) is 13.1 Å². The van der Waals surface area contributed by atoms with Crippen LogP contribution in [0.15, 0.2) is 6.20 Å². The number of hydrogen-bond donors (Lipinski definition) is 0. The van der Waals surface area contributed by atoms with E-state index in [9.17, 15) is 0 Å². The molecule has 1 aliphatic carbocycles. The minimum Gasteiger partial charge on any atom is -0.355 e. The van der Waals surface area contributed by atoms with Gasteiger partial charge in [0.2, 0.25) is 5.28 Å². The molecule has 92 valence electrons. The second-order valence-corrected chi connectivity index (χ2v) is 5.74. The van der Waals surface area contributed by atoms with Crippen LogP contribution in [0.5, 0.6) is 0 Å². The molecule has 2 aliphatic rings. The lowest BCUT2D eigenvalue weighted by Gasteiger charge is -2.34. The molecule has 1 saturated carbocycles. The molecule has 2 fully saturated rings. The quantitative estimate of drug-likeness (QED) is 0.772. The summed E-state index contributed by atoms with van der Waals surface area (Å²) in [6, 6.07) is 0. The van der Waals surface area contributed by atoms with Crippen LogP contribution in [0.4, 0.5) is 5.82 Å². The van der Waals surface area contributed by atoms with Gasteiger partial charge in [-0.1, -0.05) is 11.6 Å². The van der Waals surface area contributed by atoms with E-state index < -0.39 is 0 Å². The number of halogens is 2. The Balaban J connectivity index is 1.79. The molecule has 0 bridgehead atoms. The molecule has 0 aromatic carbocycles. The molecule has 3 nitrogen and oxygen atoms in total. The Hall–Kier alpha value is -0.540. The summed E-state index contributed by atoms with van der Waals surface area (Å²) < 4.78 is 0. The number of anilines is 1. The maximum Gasteiger partial charge on any atom is 0.224 e. The number of nitrogens with zero attached hydrogens (tertiary/aromatic N) is 3. The van der Waals surface area contributed by atoms with Gasteiger partial charge in [0.05, 0.1) is 6.20 Å². The topological polar surface area (TPSA) is 29.0 Å². The Morgan fingerprint density at radius 3 is 2.76 bits per heavy atom. The van der Waals surface area contributed by atoms with Gasteiger partial charge in [0.15, 0.2) is 5.82 Å². The highest BCUT2D eigenvalue weighted by molar-refractivity contribution is 6.33. The molecule has 1 unspecified atom stereocenters. The lowest BCUT2D eigenvalue weighted by molar-refractivity contribution is 0.372. The number of piperidine rings is 1. The second kappa shape index (κ2) is 4.62. The molecule has 1 atom stereocenters. The van der Waals surface area contributed by atoms with E-state index in [4.69, 9.17) is 23.2 Å². The highest BCUT2D eigenvalue weighted by Crippen LogP contribution is 2.42. The summed E-state index contributed by atoms with van der Waals surface area (Å²) in [4.78, 5) is 10.4. The zero-order chi connectivity index (χ0) is 11.8. The number of aromatic nitrogens is 2. The van der Waals surface area contributed by atoms with Gasteiger partial charge in [-0.25, -0.2) is 4.98 Å². The highest BCUT2D eigenvalue weighted by Gasteiger charge is 2.34. The zero-order valence-corrected chi connectivity index (χ0v) is 11.1. The first kappa shape index (κ1) is 11.5. The largest absolute Gasteiger partial charge is 0.355 e. The Labute approximate surface area is 111 Å². The molecule has 0 amide bonds. The fourth-order valence-electron chi connectivity index (χ4n) is 2.71. The van der Waals surface area contributed by atoms with E-state index in [1.165, 1.54) is 25.7 Å². The molecule has 1 aromatic heterocycles. The summed E-state index contributed by atoms with van der Waals surface area (Å²) >= 11 is 12.0. The monoisotopic (exact) mass is 271 g/mol. The molecule has 0 radical (unpaired) electrons. The van der Waals surface area contributed by atoms with Gasteiger partial charge < -0.3 is 4.90 Å². The van der Waals surface area contributed by atoms with Gasteiger partial charge >= 0.3 is 0 Å². The molecule has 1 saturated heterocycles. The Morgan fingerprint density at radius 1 is 1.18 bits per heavy atom. The van der Waals surface area contributed by atoms with E-state index in [0.29, 0.717) is 5.02 Å². The van der Waals surface area contributed by atoms with Gasteiger partial charge in [-0.05, 0) is 49.1 Å². The van der Waals surface area contributed by atoms with Gasteiger partial charge in [-0.2, -0.15) is 4.98 Å². The average molecular weight is 272 g/mol. The molecule has 3 rings (SSSR count). The Morgan fingerprint density at radius 2 is 2.00 bits per heavy atom. The van der Waals surface area contributed by atoms with E-state index in [1.54, 1.807) is 6.20 Å². The van der Waals surface area contributed by atoms with Crippen LogP contribution in [-0.2, 0) is 0 Å². The normalized spacial score (nSPS) is 25.1. The zero-order valence-electron chi connectivity index (χ0n) is 9.57. The Bertz CT molecular complexity index is 420. The van der Waals surface area contributed by atoms with Crippen LogP contribution in [0.3, 0.4) is 0 Å². The predicted octanol–water partition coefficient (Wildman–Crippen LogP) is 3.41. The maximum atomic E-state index is 6.15. The first-order valence-electron chi connectivity index (χ1n) is 6.17. The maximum absolute atomic E-state index is 6.15. The van der Waals surface area contributed by atoms with Crippen molar-refractivity contribution >= 4 is 29.0 Å². The van der Waals surface area contributed by atoms with Crippen molar-refractivity contribution in [2.45, 2.75) is 25.7 Å². The van der Waals surface area contributed by atoms with Crippen LogP contribution in [0.1, 0.15) is 25.7 Å². The summed E-state index contributed by atoms with van der Waals surface area (Å²) in [5.41, 5.74) is 0. The summed E-state index contributed by atoms with van der Waals surface area (Å²) in [5.74, 6) is 2.56. The van der Waals surface area contributed by atoms with Crippen LogP contribution in [-0.4, -0.2) is 23.1 Å². The van der Waals surface area contributed by atoms with Gasteiger partial charge in [-0.3, -0.25) is 0 Å². The summed E-state index contributed by atoms with van der Waals surface area (Å²) in [7, 11) is 0. The van der Waals surface area contributed by atoms with Crippen molar-refractivity contribution < 1.29 is 0 Å². The number of hydrogen-bond acceptors (Lipinski definition) is 3. The van der Waals surface area contributed by atoms with Crippen molar-refractivity contribution in [2.24, 2.45) is 11.8 Å². The van der Waals surface area contributed by atoms with Gasteiger partial charge in [-0.15, -0.1) is 0 Å². The predicted molar refractivity (Wildman–Crippen MR) is 69.7 cm³/mol. The molecule has 5 heteroatoms. The standard InChI is InChI=1S/C12H15Cl2N3/c13-10-6-15-12(14)16-11(10)17-5-1-2-9(7-17)8-3-4-8/h6,8-9H,1-5,7H2. The molecule has 1 aromatic rings. The molecule has 0 N–H and O–H groups in total. The third-order valence-electron chi connectivity index (χ3n) is 3.74. The van der Waals surface area contributed by atoms with Crippen LogP contribution in [0, 0.1) is 11.8 Å². The molecule has 2 heterocycles. The first-order valence-corrected chi connectivity index (χ1v) is 6.92. The van der Waals surface area contributed by atoms with Crippen molar-refractivity contribution in [1.82, 2.24) is 9.97 Å². The summed E-state index contributed by atoms with van der Waals surface area (Å²) in [5, 5.41) is 0.879. The molecule has 1 aliphatic heterocycles. The van der Waals surface area contributed by atoms with Crippen molar-refractivity contribution in [3.05, 3.63) is 16.5 Å². The van der Waals surface area contributed by atoms with E-state index in [1.807, 2.05) is 0 Å². The van der Waals surface area contributed by atoms with Gasteiger partial charge in [0.1, 0.15) is 5.02 Å². The van der Waals surface area contributed by atoms with E-state index in [-0.39, 0.29) is 5.28 Å². The van der Waals surface area contributed by atoms with E-state index in [0.717, 1.165) is 30.7 Å². The Kier molecular flexibility index (Phi) is 3.14. The first-order chi connectivity index (χ1) is 8.24. The summed E-state index contributed by atoms with van der Waals surface area (Å²) in [6.07, 6.45) is 6.96. The average Bonchev–Trinajstić information content (AvgIpc) is 3.17. The summed E-state index contributed by atoms with van der Waals surface area (Å²) in [6.45, 7) is 2.09. The van der Waals surface area contributed by atoms with Gasteiger partial charge in [0.25, 0.3) is 0 Å². The lowest BCUT2D eigenvalue weighted by Crippen LogP contribution is -2.37. The minimum atomic E-state index is 0.276. The van der Waals surface area contributed by atoms with E-state index >= 15 is 0 Å². The lowest BCUT2D eigenvalue weighted by atomic mass is 9.93. The van der Waals surface area contributed by atoms with Crippen LogP contribution >= 0.6 is 23.2 Å². The third-order valence-corrected chi connectivity index (χ3v) is 4.19. The van der Waals surface area contributed by atoms with Crippen molar-refractivity contribution in [3.8, 4) is 0 Å². The molecule has 0 spiro atoms. The third kappa shape index (κ3) is 2.50. The molecular formula is C12H15Cl2N3. The number of rotatable bonds is 2. The molecular weight excluding hydrogens is 257 g/mol. The van der Waals surface area contributed by atoms with Crippen LogP contribution < -0.4 is 4.90 Å². The smallest absolute Gasteiger partial charge is 0.224 e. The van der Waals surface area contributed by atoms with Crippen LogP contribution in [0.2, 0.25) is 10.3 Å². The fourth-order valence-corrected chi connectivity index (χ4v) is 3.05. The fraction of sp³-hybridized carbons (Fsp3) is 0.667.